The first kappa shape index (κ1) is 18.9. The van der Waals surface area contributed by atoms with Crippen molar-refractivity contribution in [1.82, 2.24) is 4.90 Å². The normalized spacial score (nSPS) is 24.4. The lowest BCUT2D eigenvalue weighted by Crippen LogP contribution is -2.33. The number of carbonyl (C=O) groups excluding carboxylic acids is 1. The Morgan fingerprint density at radius 2 is 2.00 bits per heavy atom. The molecule has 140 valence electrons. The summed E-state index contributed by atoms with van der Waals surface area (Å²) in [5.41, 5.74) is 6.58. The summed E-state index contributed by atoms with van der Waals surface area (Å²) in [6, 6.07) is 10.4. The highest BCUT2D eigenvalue weighted by molar-refractivity contribution is 5.85. The summed E-state index contributed by atoms with van der Waals surface area (Å²) in [5, 5.41) is 0. The van der Waals surface area contributed by atoms with Crippen LogP contribution >= 0.6 is 12.4 Å². The van der Waals surface area contributed by atoms with Crippen LogP contribution in [0.5, 0.6) is 0 Å². The van der Waals surface area contributed by atoms with Gasteiger partial charge in [-0.2, -0.15) is 0 Å². The zero-order chi connectivity index (χ0) is 17.4. The van der Waals surface area contributed by atoms with Crippen molar-refractivity contribution in [2.24, 2.45) is 17.6 Å². The average Bonchev–Trinajstić information content (AvgIpc) is 3.31. The molecule has 2 aliphatic rings. The van der Waals surface area contributed by atoms with E-state index in [-0.39, 0.29) is 30.2 Å². The summed E-state index contributed by atoms with van der Waals surface area (Å²) in [4.78, 5) is 14.4. The lowest BCUT2D eigenvalue weighted by Gasteiger charge is -2.18. The fourth-order valence-electron chi connectivity index (χ4n) is 4.22. The molecule has 4 nitrogen and oxygen atoms in total. The van der Waals surface area contributed by atoms with Crippen LogP contribution in [0.4, 0.5) is 4.39 Å². The van der Waals surface area contributed by atoms with Gasteiger partial charge in [0.1, 0.15) is 17.3 Å². The molecule has 1 aromatic carbocycles. The molecule has 1 amide bonds. The number of likely N-dealkylation sites (tertiary alicyclic amines) is 1. The molecule has 2 heterocycles. The Hall–Kier alpha value is -1.85. The monoisotopic (exact) mass is 378 g/mol. The molecule has 3 atom stereocenters. The van der Waals surface area contributed by atoms with E-state index in [0.29, 0.717) is 41.8 Å². The minimum Gasteiger partial charge on any atom is -0.461 e. The van der Waals surface area contributed by atoms with Gasteiger partial charge in [0.15, 0.2) is 0 Å². The Labute approximate surface area is 159 Å². The van der Waals surface area contributed by atoms with Crippen LogP contribution in [0.1, 0.15) is 25.0 Å². The highest BCUT2D eigenvalue weighted by Crippen LogP contribution is 2.37. The fraction of sp³-hybridized carbons (Fsp3) is 0.450. The maximum absolute atomic E-state index is 13.8. The van der Waals surface area contributed by atoms with Gasteiger partial charge in [0.05, 0.1) is 5.56 Å². The average molecular weight is 379 g/mol. The van der Waals surface area contributed by atoms with E-state index in [9.17, 15) is 9.18 Å². The second-order valence-corrected chi connectivity index (χ2v) is 7.21. The molecule has 1 saturated heterocycles. The first-order chi connectivity index (χ1) is 12.1. The molecule has 2 N–H and O–H groups in total. The topological polar surface area (TPSA) is 59.5 Å². The van der Waals surface area contributed by atoms with E-state index >= 15 is 0 Å². The summed E-state index contributed by atoms with van der Waals surface area (Å²) in [6.07, 6.45) is 3.17. The molecular formula is C20H24ClFN2O2. The molecule has 6 heteroatoms. The van der Waals surface area contributed by atoms with Gasteiger partial charge in [0.2, 0.25) is 5.91 Å². The molecule has 1 aliphatic heterocycles. The van der Waals surface area contributed by atoms with Gasteiger partial charge in [-0.15, -0.1) is 12.4 Å². The van der Waals surface area contributed by atoms with E-state index in [2.05, 4.69) is 0 Å². The van der Waals surface area contributed by atoms with Gasteiger partial charge in [0.25, 0.3) is 0 Å². The summed E-state index contributed by atoms with van der Waals surface area (Å²) in [5.74, 6) is 2.12. The Morgan fingerprint density at radius 3 is 2.77 bits per heavy atom. The Morgan fingerprint density at radius 1 is 1.19 bits per heavy atom. The second kappa shape index (κ2) is 7.80. The maximum atomic E-state index is 13.8. The van der Waals surface area contributed by atoms with Crippen molar-refractivity contribution in [2.45, 2.75) is 31.7 Å². The molecule has 26 heavy (non-hydrogen) atoms. The van der Waals surface area contributed by atoms with Gasteiger partial charge in [-0.3, -0.25) is 4.79 Å². The number of hydrogen-bond acceptors (Lipinski definition) is 3. The number of benzene rings is 1. The number of aryl methyl sites for hydroxylation is 1. The van der Waals surface area contributed by atoms with Crippen LogP contribution in [0.3, 0.4) is 0 Å². The van der Waals surface area contributed by atoms with Gasteiger partial charge in [-0.1, -0.05) is 12.1 Å². The number of nitrogens with zero attached hydrogens (tertiary/aromatic N) is 1. The predicted molar refractivity (Wildman–Crippen MR) is 100 cm³/mol. The van der Waals surface area contributed by atoms with Crippen molar-refractivity contribution >= 4 is 18.3 Å². The van der Waals surface area contributed by atoms with Crippen molar-refractivity contribution in [3.8, 4) is 11.3 Å². The number of amides is 1. The van der Waals surface area contributed by atoms with E-state index in [1.54, 1.807) is 24.3 Å². The molecular weight excluding hydrogens is 355 g/mol. The molecule has 0 bridgehead atoms. The first-order valence-corrected chi connectivity index (χ1v) is 8.99. The molecule has 1 saturated carbocycles. The minimum absolute atomic E-state index is 0. The van der Waals surface area contributed by atoms with Gasteiger partial charge < -0.3 is 15.1 Å². The van der Waals surface area contributed by atoms with Gasteiger partial charge in [0, 0.05) is 32.0 Å². The van der Waals surface area contributed by atoms with E-state index in [0.717, 1.165) is 25.9 Å². The van der Waals surface area contributed by atoms with Crippen LogP contribution < -0.4 is 5.73 Å². The van der Waals surface area contributed by atoms with Crippen molar-refractivity contribution in [1.29, 1.82) is 0 Å². The highest BCUT2D eigenvalue weighted by atomic mass is 35.5. The van der Waals surface area contributed by atoms with E-state index in [1.165, 1.54) is 6.07 Å². The number of furan rings is 1. The van der Waals surface area contributed by atoms with Crippen LogP contribution in [0.2, 0.25) is 0 Å². The van der Waals surface area contributed by atoms with Gasteiger partial charge in [-0.25, -0.2) is 4.39 Å². The third-order valence-corrected chi connectivity index (χ3v) is 5.65. The maximum Gasteiger partial charge on any atom is 0.223 e. The molecule has 4 rings (SSSR count). The highest BCUT2D eigenvalue weighted by Gasteiger charge is 2.42. The number of rotatable bonds is 4. The SMILES string of the molecule is Cl.NC1CCC2CN(C(=O)CCc3ccc(-c4ccccc4F)o3)CC12. The number of hydrogen-bond donors (Lipinski definition) is 1. The molecule has 3 unspecified atom stereocenters. The largest absolute Gasteiger partial charge is 0.461 e. The summed E-state index contributed by atoms with van der Waals surface area (Å²) in [7, 11) is 0. The zero-order valence-corrected chi connectivity index (χ0v) is 15.4. The lowest BCUT2D eigenvalue weighted by atomic mass is 9.98. The van der Waals surface area contributed by atoms with Crippen LogP contribution in [0, 0.1) is 17.7 Å². The quantitative estimate of drug-likeness (QED) is 0.883. The number of fused-ring (bicyclic) bond motifs is 1. The minimum atomic E-state index is -0.306. The molecule has 2 aromatic rings. The van der Waals surface area contributed by atoms with Crippen LogP contribution in [0.25, 0.3) is 11.3 Å². The van der Waals surface area contributed by atoms with E-state index < -0.39 is 0 Å². The van der Waals surface area contributed by atoms with E-state index in [4.69, 9.17) is 10.2 Å². The summed E-state index contributed by atoms with van der Waals surface area (Å²) < 4.78 is 19.5. The van der Waals surface area contributed by atoms with Crippen LogP contribution in [-0.2, 0) is 11.2 Å². The fourth-order valence-corrected chi connectivity index (χ4v) is 4.22. The Kier molecular flexibility index (Phi) is 5.68. The van der Waals surface area contributed by atoms with E-state index in [1.807, 2.05) is 11.0 Å². The molecule has 1 aromatic heterocycles. The predicted octanol–water partition coefficient (Wildman–Crippen LogP) is 3.64. The smallest absolute Gasteiger partial charge is 0.223 e. The molecule has 0 spiro atoms. The third-order valence-electron chi connectivity index (χ3n) is 5.65. The molecule has 0 radical (unpaired) electrons. The van der Waals surface area contributed by atoms with Crippen molar-refractivity contribution < 1.29 is 13.6 Å². The standard InChI is InChI=1S/C20H23FN2O2.ClH/c21-17-4-2-1-3-15(17)19-9-6-14(25-19)7-10-20(24)23-11-13-5-8-18(22)16(13)12-23;/h1-4,6,9,13,16,18H,5,7-8,10-12,22H2;1H. The lowest BCUT2D eigenvalue weighted by molar-refractivity contribution is -0.130. The van der Waals surface area contributed by atoms with Gasteiger partial charge in [-0.05, 0) is 48.9 Å². The summed E-state index contributed by atoms with van der Waals surface area (Å²) >= 11 is 0. The van der Waals surface area contributed by atoms with Crippen molar-refractivity contribution in [3.05, 3.63) is 48.0 Å². The number of halogens is 2. The van der Waals surface area contributed by atoms with Crippen LogP contribution in [-0.4, -0.2) is 29.9 Å². The Bertz CT molecular complexity index is 779. The molecule has 1 aliphatic carbocycles. The van der Waals surface area contributed by atoms with Crippen LogP contribution in [0.15, 0.2) is 40.8 Å². The van der Waals surface area contributed by atoms with Crippen molar-refractivity contribution in [3.63, 3.8) is 0 Å². The third kappa shape index (κ3) is 3.64. The van der Waals surface area contributed by atoms with Gasteiger partial charge >= 0.3 is 0 Å². The second-order valence-electron chi connectivity index (χ2n) is 7.21. The van der Waals surface area contributed by atoms with Crippen molar-refractivity contribution in [2.75, 3.05) is 13.1 Å². The zero-order valence-electron chi connectivity index (χ0n) is 14.6. The number of carbonyl (C=O) groups is 1. The number of nitrogens with two attached hydrogens (primary N) is 1. The molecule has 2 fully saturated rings. The summed E-state index contributed by atoms with van der Waals surface area (Å²) in [6.45, 7) is 1.64. The Balaban J connectivity index is 0.00000196. The first-order valence-electron chi connectivity index (χ1n) is 8.99.